The van der Waals surface area contributed by atoms with Crippen molar-refractivity contribution in [2.24, 2.45) is 0 Å². The van der Waals surface area contributed by atoms with Crippen molar-refractivity contribution in [3.05, 3.63) is 52.7 Å². The van der Waals surface area contributed by atoms with Gasteiger partial charge in [-0.25, -0.2) is 0 Å². The summed E-state index contributed by atoms with van der Waals surface area (Å²) in [4.78, 5) is 2.30. The van der Waals surface area contributed by atoms with Crippen LogP contribution in [0.5, 0.6) is 0 Å². The second kappa shape index (κ2) is 5.53. The van der Waals surface area contributed by atoms with E-state index >= 15 is 0 Å². The molecule has 0 radical (unpaired) electrons. The Balaban J connectivity index is 1.95. The lowest BCUT2D eigenvalue weighted by Crippen LogP contribution is -2.24. The molecular weight excluding hydrogens is 260 g/mol. The highest BCUT2D eigenvalue weighted by Gasteiger charge is 2.28. The zero-order valence-corrected chi connectivity index (χ0v) is 12.4. The summed E-state index contributed by atoms with van der Waals surface area (Å²) in [6, 6.07) is 12.6. The molecule has 2 heterocycles. The predicted molar refractivity (Wildman–Crippen MR) is 82.0 cm³/mol. The Morgan fingerprint density at radius 3 is 2.76 bits per heavy atom. The van der Waals surface area contributed by atoms with Crippen LogP contribution in [0.4, 0.5) is 5.82 Å². The molecule has 1 saturated heterocycles. The van der Waals surface area contributed by atoms with Gasteiger partial charge in [0, 0.05) is 6.54 Å². The van der Waals surface area contributed by atoms with Crippen LogP contribution in [-0.4, -0.2) is 16.7 Å². The number of rotatable bonds is 2. The van der Waals surface area contributed by atoms with Crippen molar-refractivity contribution in [2.75, 3.05) is 11.4 Å². The minimum atomic E-state index is 0.354. The maximum atomic E-state index is 8.82. The molecule has 1 aromatic carbocycles. The van der Waals surface area contributed by atoms with E-state index in [2.05, 4.69) is 47.1 Å². The first-order valence-electron chi connectivity index (χ1n) is 7.26. The first-order valence-corrected chi connectivity index (χ1v) is 7.26. The second-order valence-electron chi connectivity index (χ2n) is 5.60. The summed E-state index contributed by atoms with van der Waals surface area (Å²) in [5.74, 6) is 0.859. The van der Waals surface area contributed by atoms with Crippen molar-refractivity contribution in [2.45, 2.75) is 32.7 Å². The molecule has 0 spiro atoms. The Kier molecular flexibility index (Phi) is 3.57. The molecule has 106 valence electrons. The highest BCUT2D eigenvalue weighted by atomic mass is 15.3. The van der Waals surface area contributed by atoms with Crippen LogP contribution in [0.2, 0.25) is 0 Å². The van der Waals surface area contributed by atoms with Crippen LogP contribution >= 0.6 is 0 Å². The van der Waals surface area contributed by atoms with Crippen LogP contribution < -0.4 is 4.90 Å². The van der Waals surface area contributed by atoms with E-state index < -0.39 is 0 Å². The average molecular weight is 278 g/mol. The Bertz CT molecular complexity index is 685. The molecule has 0 aliphatic carbocycles. The zero-order valence-electron chi connectivity index (χ0n) is 12.4. The van der Waals surface area contributed by atoms with Gasteiger partial charge in [-0.05, 0) is 49.9 Å². The number of aromatic nitrogens is 2. The number of nitriles is 1. The molecule has 0 amide bonds. The fraction of sp³-hybridized carbons (Fsp3) is 0.353. The summed E-state index contributed by atoms with van der Waals surface area (Å²) >= 11 is 0. The SMILES string of the molecule is Cc1ccc(C)c(C2CCCN2c2ccc(C#N)nn2)c1. The molecule has 1 atom stereocenters. The Morgan fingerprint density at radius 2 is 2.05 bits per heavy atom. The monoisotopic (exact) mass is 278 g/mol. The maximum absolute atomic E-state index is 8.82. The lowest BCUT2D eigenvalue weighted by atomic mass is 9.97. The van der Waals surface area contributed by atoms with E-state index in [1.165, 1.54) is 16.7 Å². The smallest absolute Gasteiger partial charge is 0.163 e. The van der Waals surface area contributed by atoms with Gasteiger partial charge in [0.1, 0.15) is 6.07 Å². The van der Waals surface area contributed by atoms with Crippen molar-refractivity contribution < 1.29 is 0 Å². The molecule has 1 fully saturated rings. The summed E-state index contributed by atoms with van der Waals surface area (Å²) in [6.07, 6.45) is 2.28. The molecule has 4 nitrogen and oxygen atoms in total. The number of benzene rings is 1. The average Bonchev–Trinajstić information content (AvgIpc) is 2.99. The number of hydrogen-bond acceptors (Lipinski definition) is 4. The van der Waals surface area contributed by atoms with Crippen molar-refractivity contribution in [1.29, 1.82) is 5.26 Å². The van der Waals surface area contributed by atoms with E-state index in [-0.39, 0.29) is 0 Å². The highest BCUT2D eigenvalue weighted by Crippen LogP contribution is 2.36. The Hall–Kier alpha value is -2.41. The normalized spacial score (nSPS) is 17.8. The van der Waals surface area contributed by atoms with Gasteiger partial charge in [-0.15, -0.1) is 10.2 Å². The highest BCUT2D eigenvalue weighted by molar-refractivity contribution is 5.46. The fourth-order valence-corrected chi connectivity index (χ4v) is 3.02. The van der Waals surface area contributed by atoms with Gasteiger partial charge in [0.05, 0.1) is 6.04 Å². The van der Waals surface area contributed by atoms with Crippen molar-refractivity contribution in [3.63, 3.8) is 0 Å². The van der Waals surface area contributed by atoms with Crippen LogP contribution in [0.15, 0.2) is 30.3 Å². The molecule has 0 bridgehead atoms. The predicted octanol–water partition coefficient (Wildman–Crippen LogP) is 3.31. The van der Waals surface area contributed by atoms with E-state index in [0.717, 1.165) is 25.2 Å². The van der Waals surface area contributed by atoms with Crippen LogP contribution in [0.3, 0.4) is 0 Å². The van der Waals surface area contributed by atoms with Gasteiger partial charge < -0.3 is 4.90 Å². The summed E-state index contributed by atoms with van der Waals surface area (Å²) in [5.41, 5.74) is 4.34. The number of nitrogens with zero attached hydrogens (tertiary/aromatic N) is 4. The summed E-state index contributed by atoms with van der Waals surface area (Å²) in [6.45, 7) is 5.28. The van der Waals surface area contributed by atoms with Gasteiger partial charge in [0.15, 0.2) is 11.5 Å². The van der Waals surface area contributed by atoms with Gasteiger partial charge in [-0.1, -0.05) is 23.8 Å². The van der Waals surface area contributed by atoms with Crippen molar-refractivity contribution in [3.8, 4) is 6.07 Å². The molecule has 3 rings (SSSR count). The van der Waals surface area contributed by atoms with Crippen LogP contribution in [0.25, 0.3) is 0 Å². The minimum absolute atomic E-state index is 0.354. The van der Waals surface area contributed by atoms with E-state index in [9.17, 15) is 0 Å². The molecule has 1 aromatic heterocycles. The van der Waals surface area contributed by atoms with E-state index in [0.29, 0.717) is 11.7 Å². The van der Waals surface area contributed by atoms with Crippen LogP contribution in [-0.2, 0) is 0 Å². The van der Waals surface area contributed by atoms with Gasteiger partial charge in [0.2, 0.25) is 0 Å². The van der Waals surface area contributed by atoms with E-state index in [1.807, 2.05) is 12.1 Å². The molecule has 1 aliphatic rings. The molecule has 21 heavy (non-hydrogen) atoms. The van der Waals surface area contributed by atoms with Crippen molar-refractivity contribution in [1.82, 2.24) is 10.2 Å². The van der Waals surface area contributed by atoms with Gasteiger partial charge in [-0.2, -0.15) is 5.26 Å². The first kappa shape index (κ1) is 13.6. The molecule has 0 saturated carbocycles. The number of anilines is 1. The molecule has 1 unspecified atom stereocenters. The third kappa shape index (κ3) is 2.59. The topological polar surface area (TPSA) is 52.8 Å². The van der Waals surface area contributed by atoms with E-state index in [4.69, 9.17) is 5.26 Å². The van der Waals surface area contributed by atoms with Gasteiger partial charge >= 0.3 is 0 Å². The largest absolute Gasteiger partial charge is 0.348 e. The van der Waals surface area contributed by atoms with Crippen LogP contribution in [0, 0.1) is 25.2 Å². The third-order valence-corrected chi connectivity index (χ3v) is 4.11. The minimum Gasteiger partial charge on any atom is -0.348 e. The van der Waals surface area contributed by atoms with Crippen LogP contribution in [0.1, 0.15) is 41.3 Å². The standard InChI is InChI=1S/C17H18N4/c1-12-5-6-13(2)15(10-12)16-4-3-9-21(16)17-8-7-14(11-18)19-20-17/h5-8,10,16H,3-4,9H2,1-2H3. The summed E-state index contributed by atoms with van der Waals surface area (Å²) in [7, 11) is 0. The molecule has 2 aromatic rings. The molecule has 0 N–H and O–H groups in total. The lowest BCUT2D eigenvalue weighted by molar-refractivity contribution is 0.700. The molecule has 4 heteroatoms. The zero-order chi connectivity index (χ0) is 14.8. The van der Waals surface area contributed by atoms with Crippen molar-refractivity contribution >= 4 is 5.82 Å². The lowest BCUT2D eigenvalue weighted by Gasteiger charge is -2.27. The second-order valence-corrected chi connectivity index (χ2v) is 5.60. The maximum Gasteiger partial charge on any atom is 0.163 e. The first-order chi connectivity index (χ1) is 10.2. The molecule has 1 aliphatic heterocycles. The summed E-state index contributed by atoms with van der Waals surface area (Å²) < 4.78 is 0. The Morgan fingerprint density at radius 1 is 1.19 bits per heavy atom. The molecular formula is C17H18N4. The third-order valence-electron chi connectivity index (χ3n) is 4.11. The Labute approximate surface area is 125 Å². The van der Waals surface area contributed by atoms with Gasteiger partial charge in [-0.3, -0.25) is 0 Å². The summed E-state index contributed by atoms with van der Waals surface area (Å²) in [5, 5.41) is 17.0. The number of hydrogen-bond donors (Lipinski definition) is 0. The van der Waals surface area contributed by atoms with Gasteiger partial charge in [0.25, 0.3) is 0 Å². The van der Waals surface area contributed by atoms with E-state index in [1.54, 1.807) is 6.07 Å². The number of aryl methyl sites for hydroxylation is 2. The fourth-order valence-electron chi connectivity index (χ4n) is 3.02. The quantitative estimate of drug-likeness (QED) is 0.845.